The standard InChI is InChI=1S/C23H30ClNO2/c1-15(2)20-10-8-19(9-11-20)7-6-12-25-23(26)18(5)27-21-13-16(3)22(24)17(4)14-21/h8-11,13-15,18H,6-7,12H2,1-5H3,(H,25,26)/t18-/m0/s1. The lowest BCUT2D eigenvalue weighted by molar-refractivity contribution is -0.127. The number of rotatable bonds is 8. The van der Waals surface area contributed by atoms with Gasteiger partial charge in [-0.1, -0.05) is 49.7 Å². The van der Waals surface area contributed by atoms with E-state index in [1.165, 1.54) is 11.1 Å². The highest BCUT2D eigenvalue weighted by Crippen LogP contribution is 2.26. The lowest BCUT2D eigenvalue weighted by Gasteiger charge is -2.16. The van der Waals surface area contributed by atoms with Gasteiger partial charge < -0.3 is 10.1 Å². The van der Waals surface area contributed by atoms with Gasteiger partial charge in [0.1, 0.15) is 5.75 Å². The Kier molecular flexibility index (Phi) is 7.73. The molecule has 3 nitrogen and oxygen atoms in total. The van der Waals surface area contributed by atoms with Crippen molar-refractivity contribution in [1.82, 2.24) is 5.32 Å². The van der Waals surface area contributed by atoms with Gasteiger partial charge in [0.15, 0.2) is 6.10 Å². The molecule has 1 amide bonds. The van der Waals surface area contributed by atoms with Crippen LogP contribution in [0.4, 0.5) is 0 Å². The summed E-state index contributed by atoms with van der Waals surface area (Å²) in [5.41, 5.74) is 4.54. The molecule has 4 heteroatoms. The van der Waals surface area contributed by atoms with E-state index in [2.05, 4.69) is 43.4 Å². The molecule has 0 fully saturated rings. The number of nitrogens with one attached hydrogen (secondary N) is 1. The van der Waals surface area contributed by atoms with Crippen LogP contribution >= 0.6 is 11.6 Å². The molecule has 0 saturated heterocycles. The second-order valence-electron chi connectivity index (χ2n) is 7.42. The summed E-state index contributed by atoms with van der Waals surface area (Å²) in [6, 6.07) is 12.4. The van der Waals surface area contributed by atoms with Gasteiger partial charge in [-0.15, -0.1) is 0 Å². The van der Waals surface area contributed by atoms with Crippen molar-refractivity contribution in [2.45, 2.75) is 59.5 Å². The lowest BCUT2D eigenvalue weighted by Crippen LogP contribution is -2.37. The highest BCUT2D eigenvalue weighted by atomic mass is 35.5. The zero-order chi connectivity index (χ0) is 20.0. The average Bonchev–Trinajstić information content (AvgIpc) is 2.63. The summed E-state index contributed by atoms with van der Waals surface area (Å²) in [6.07, 6.45) is 1.30. The molecular weight excluding hydrogens is 358 g/mol. The third-order valence-electron chi connectivity index (χ3n) is 4.68. The average molecular weight is 388 g/mol. The van der Waals surface area contributed by atoms with E-state index >= 15 is 0 Å². The number of ether oxygens (including phenoxy) is 1. The largest absolute Gasteiger partial charge is 0.481 e. The van der Waals surface area contributed by atoms with E-state index in [9.17, 15) is 4.79 Å². The van der Waals surface area contributed by atoms with Crippen LogP contribution in [0, 0.1) is 13.8 Å². The van der Waals surface area contributed by atoms with Gasteiger partial charge in [0.25, 0.3) is 5.91 Å². The van der Waals surface area contributed by atoms with E-state index in [1.807, 2.05) is 26.0 Å². The molecule has 0 aliphatic rings. The third-order valence-corrected chi connectivity index (χ3v) is 5.28. The van der Waals surface area contributed by atoms with Gasteiger partial charge in [0.05, 0.1) is 0 Å². The maximum atomic E-state index is 12.3. The summed E-state index contributed by atoms with van der Waals surface area (Å²) in [5.74, 6) is 1.12. The minimum Gasteiger partial charge on any atom is -0.481 e. The molecule has 0 aliphatic heterocycles. The topological polar surface area (TPSA) is 38.3 Å². The summed E-state index contributed by atoms with van der Waals surface area (Å²) < 4.78 is 5.77. The Morgan fingerprint density at radius 3 is 2.22 bits per heavy atom. The van der Waals surface area contributed by atoms with Crippen molar-refractivity contribution in [3.05, 3.63) is 63.7 Å². The van der Waals surface area contributed by atoms with Crippen LogP contribution < -0.4 is 10.1 Å². The summed E-state index contributed by atoms with van der Waals surface area (Å²) in [4.78, 5) is 12.3. The molecule has 0 saturated carbocycles. The minimum atomic E-state index is -0.546. The smallest absolute Gasteiger partial charge is 0.260 e. The second kappa shape index (κ2) is 9.80. The second-order valence-corrected chi connectivity index (χ2v) is 7.80. The quantitative estimate of drug-likeness (QED) is 0.599. The first-order chi connectivity index (χ1) is 12.8. The van der Waals surface area contributed by atoms with Gasteiger partial charge in [-0.2, -0.15) is 0 Å². The lowest BCUT2D eigenvalue weighted by atomic mass is 10.0. The van der Waals surface area contributed by atoms with E-state index in [0.717, 1.165) is 29.0 Å². The van der Waals surface area contributed by atoms with E-state index in [1.54, 1.807) is 6.92 Å². The van der Waals surface area contributed by atoms with Crippen LogP contribution in [0.25, 0.3) is 0 Å². The Labute approximate surface area is 168 Å². The Hall–Kier alpha value is -2.00. The number of halogens is 1. The molecule has 1 N–H and O–H groups in total. The molecule has 27 heavy (non-hydrogen) atoms. The fourth-order valence-electron chi connectivity index (χ4n) is 2.95. The number of hydrogen-bond acceptors (Lipinski definition) is 2. The maximum absolute atomic E-state index is 12.3. The van der Waals surface area contributed by atoms with Crippen LogP contribution in [0.15, 0.2) is 36.4 Å². The number of benzene rings is 2. The van der Waals surface area contributed by atoms with E-state index in [4.69, 9.17) is 16.3 Å². The summed E-state index contributed by atoms with van der Waals surface area (Å²) in [6.45, 7) is 10.7. The normalized spacial score (nSPS) is 12.1. The molecule has 2 rings (SSSR count). The number of carbonyl (C=O) groups excluding carboxylic acids is 1. The molecule has 0 spiro atoms. The molecular formula is C23H30ClNO2. The Bertz CT molecular complexity index is 745. The van der Waals surface area contributed by atoms with Crippen LogP contribution in [-0.4, -0.2) is 18.6 Å². The van der Waals surface area contributed by atoms with Crippen molar-refractivity contribution >= 4 is 17.5 Å². The molecule has 2 aromatic carbocycles. The van der Waals surface area contributed by atoms with Crippen molar-refractivity contribution in [2.75, 3.05) is 6.54 Å². The Morgan fingerprint density at radius 2 is 1.67 bits per heavy atom. The molecule has 146 valence electrons. The van der Waals surface area contributed by atoms with Crippen molar-refractivity contribution < 1.29 is 9.53 Å². The van der Waals surface area contributed by atoms with Gasteiger partial charge in [0.2, 0.25) is 0 Å². The van der Waals surface area contributed by atoms with Gasteiger partial charge in [-0.05, 0) is 73.9 Å². The van der Waals surface area contributed by atoms with Crippen molar-refractivity contribution in [2.24, 2.45) is 0 Å². The zero-order valence-corrected chi connectivity index (χ0v) is 17.7. The first kappa shape index (κ1) is 21.3. The molecule has 2 aromatic rings. The predicted molar refractivity (Wildman–Crippen MR) is 113 cm³/mol. The molecule has 1 atom stereocenters. The van der Waals surface area contributed by atoms with E-state index in [-0.39, 0.29) is 5.91 Å². The first-order valence-electron chi connectivity index (χ1n) is 9.58. The number of hydrogen-bond donors (Lipinski definition) is 1. The number of carbonyl (C=O) groups is 1. The SMILES string of the molecule is Cc1cc(O[C@@H](C)C(=O)NCCCc2ccc(C(C)C)cc2)cc(C)c1Cl. The van der Waals surface area contributed by atoms with Crippen LogP contribution in [0.5, 0.6) is 5.75 Å². The maximum Gasteiger partial charge on any atom is 0.260 e. The molecule has 0 aromatic heterocycles. The zero-order valence-electron chi connectivity index (χ0n) is 16.9. The number of aryl methyl sites for hydroxylation is 3. The highest BCUT2D eigenvalue weighted by molar-refractivity contribution is 6.32. The van der Waals surface area contributed by atoms with Gasteiger partial charge in [0, 0.05) is 11.6 Å². The number of amides is 1. The Balaban J connectivity index is 1.76. The fraction of sp³-hybridized carbons (Fsp3) is 0.435. The molecule has 0 radical (unpaired) electrons. The van der Waals surface area contributed by atoms with Crippen LogP contribution in [-0.2, 0) is 11.2 Å². The van der Waals surface area contributed by atoms with Crippen LogP contribution in [0.1, 0.15) is 55.4 Å². The van der Waals surface area contributed by atoms with E-state index < -0.39 is 6.10 Å². The molecule has 0 bridgehead atoms. The fourth-order valence-corrected chi connectivity index (χ4v) is 3.06. The summed E-state index contributed by atoms with van der Waals surface area (Å²) >= 11 is 6.17. The van der Waals surface area contributed by atoms with Gasteiger partial charge in [-0.25, -0.2) is 0 Å². The van der Waals surface area contributed by atoms with E-state index in [0.29, 0.717) is 18.2 Å². The molecule has 0 aliphatic carbocycles. The van der Waals surface area contributed by atoms with Gasteiger partial charge >= 0.3 is 0 Å². The minimum absolute atomic E-state index is 0.101. The van der Waals surface area contributed by atoms with Crippen LogP contribution in [0.3, 0.4) is 0 Å². The van der Waals surface area contributed by atoms with Gasteiger partial charge in [-0.3, -0.25) is 4.79 Å². The van der Waals surface area contributed by atoms with Crippen molar-refractivity contribution in [3.63, 3.8) is 0 Å². The molecule has 0 heterocycles. The summed E-state index contributed by atoms with van der Waals surface area (Å²) in [7, 11) is 0. The van der Waals surface area contributed by atoms with Crippen LogP contribution in [0.2, 0.25) is 5.02 Å². The Morgan fingerprint density at radius 1 is 1.07 bits per heavy atom. The summed E-state index contributed by atoms with van der Waals surface area (Å²) in [5, 5.41) is 3.69. The molecule has 0 unspecified atom stereocenters. The highest BCUT2D eigenvalue weighted by Gasteiger charge is 2.15. The third kappa shape index (κ3) is 6.28. The first-order valence-corrected chi connectivity index (χ1v) is 9.95. The monoisotopic (exact) mass is 387 g/mol. The van der Waals surface area contributed by atoms with Crippen molar-refractivity contribution in [3.8, 4) is 5.75 Å². The van der Waals surface area contributed by atoms with Crippen molar-refractivity contribution in [1.29, 1.82) is 0 Å². The predicted octanol–water partition coefficient (Wildman–Crippen LogP) is 5.60.